The van der Waals surface area contributed by atoms with Crippen LogP contribution in [0.15, 0.2) is 22.7 Å². The van der Waals surface area contributed by atoms with Gasteiger partial charge in [-0.05, 0) is 53.5 Å². The first-order valence-corrected chi connectivity index (χ1v) is 8.68. The van der Waals surface area contributed by atoms with Crippen molar-refractivity contribution in [3.05, 3.63) is 27.7 Å². The van der Waals surface area contributed by atoms with Crippen LogP contribution < -0.4 is 10.1 Å². The first-order chi connectivity index (χ1) is 9.65. The van der Waals surface area contributed by atoms with E-state index in [2.05, 4.69) is 28.2 Å². The SMILES string of the molecule is CCNC1CC(Oc2ccc(Cl)cc2Br)C12CCCC2. The normalized spacial score (nSPS) is 27.6. The molecule has 1 N–H and O–H groups in total. The molecule has 0 aromatic heterocycles. The van der Waals surface area contributed by atoms with Gasteiger partial charge in [0, 0.05) is 22.9 Å². The second kappa shape index (κ2) is 5.86. The van der Waals surface area contributed by atoms with E-state index in [1.165, 1.54) is 25.7 Å². The highest BCUT2D eigenvalue weighted by Crippen LogP contribution is 2.55. The molecule has 4 heteroatoms. The van der Waals surface area contributed by atoms with Gasteiger partial charge in [-0.15, -0.1) is 0 Å². The van der Waals surface area contributed by atoms with Crippen LogP contribution in [0.4, 0.5) is 0 Å². The van der Waals surface area contributed by atoms with E-state index in [4.69, 9.17) is 16.3 Å². The van der Waals surface area contributed by atoms with Crippen molar-refractivity contribution in [1.82, 2.24) is 5.32 Å². The second-order valence-electron chi connectivity index (χ2n) is 5.97. The largest absolute Gasteiger partial charge is 0.489 e. The Labute approximate surface area is 134 Å². The molecule has 2 aliphatic carbocycles. The zero-order chi connectivity index (χ0) is 14.2. The molecular weight excluding hydrogens is 338 g/mol. The lowest BCUT2D eigenvalue weighted by molar-refractivity contribution is -0.0758. The molecular formula is C16H21BrClNO. The molecule has 0 saturated heterocycles. The van der Waals surface area contributed by atoms with E-state index in [9.17, 15) is 0 Å². The van der Waals surface area contributed by atoms with Gasteiger partial charge in [0.05, 0.1) is 4.47 Å². The highest BCUT2D eigenvalue weighted by atomic mass is 79.9. The average Bonchev–Trinajstić information content (AvgIpc) is 2.92. The zero-order valence-electron chi connectivity index (χ0n) is 11.8. The molecule has 2 atom stereocenters. The smallest absolute Gasteiger partial charge is 0.134 e. The molecule has 3 rings (SSSR count). The molecule has 1 aromatic carbocycles. The Morgan fingerprint density at radius 3 is 2.80 bits per heavy atom. The maximum absolute atomic E-state index is 6.30. The van der Waals surface area contributed by atoms with Crippen LogP contribution in [0.25, 0.3) is 0 Å². The Balaban J connectivity index is 1.74. The lowest BCUT2D eigenvalue weighted by Crippen LogP contribution is -2.63. The Kier molecular flexibility index (Phi) is 4.30. The number of rotatable bonds is 4. The Hall–Kier alpha value is -0.250. The highest BCUT2D eigenvalue weighted by Gasteiger charge is 2.57. The van der Waals surface area contributed by atoms with Crippen LogP contribution >= 0.6 is 27.5 Å². The first-order valence-electron chi connectivity index (χ1n) is 7.51. The van der Waals surface area contributed by atoms with Crippen molar-refractivity contribution < 1.29 is 4.74 Å². The fourth-order valence-corrected chi connectivity index (χ4v) is 4.65. The molecule has 2 aliphatic rings. The minimum absolute atomic E-state index is 0.339. The van der Waals surface area contributed by atoms with E-state index >= 15 is 0 Å². The van der Waals surface area contributed by atoms with Gasteiger partial charge in [0.2, 0.25) is 0 Å². The van der Waals surface area contributed by atoms with Gasteiger partial charge in [0.25, 0.3) is 0 Å². The van der Waals surface area contributed by atoms with Crippen molar-refractivity contribution in [2.75, 3.05) is 6.54 Å². The van der Waals surface area contributed by atoms with Gasteiger partial charge in [-0.2, -0.15) is 0 Å². The van der Waals surface area contributed by atoms with Crippen LogP contribution in [0.1, 0.15) is 39.0 Å². The molecule has 1 aromatic rings. The van der Waals surface area contributed by atoms with E-state index in [1.807, 2.05) is 18.2 Å². The van der Waals surface area contributed by atoms with Gasteiger partial charge in [-0.3, -0.25) is 0 Å². The maximum Gasteiger partial charge on any atom is 0.134 e. The molecule has 0 radical (unpaired) electrons. The van der Waals surface area contributed by atoms with Crippen LogP contribution in [-0.2, 0) is 0 Å². The van der Waals surface area contributed by atoms with Crippen LogP contribution in [0, 0.1) is 5.41 Å². The summed E-state index contributed by atoms with van der Waals surface area (Å²) in [6, 6.07) is 6.39. The van der Waals surface area contributed by atoms with Gasteiger partial charge < -0.3 is 10.1 Å². The Morgan fingerprint density at radius 2 is 2.15 bits per heavy atom. The lowest BCUT2D eigenvalue weighted by Gasteiger charge is -2.54. The number of benzene rings is 1. The van der Waals surface area contributed by atoms with Gasteiger partial charge in [0.1, 0.15) is 11.9 Å². The van der Waals surface area contributed by atoms with Crippen LogP contribution in [0.3, 0.4) is 0 Å². The summed E-state index contributed by atoms with van der Waals surface area (Å²) in [6.07, 6.45) is 6.71. The Bertz CT molecular complexity index is 487. The Morgan fingerprint density at radius 1 is 1.40 bits per heavy atom. The highest BCUT2D eigenvalue weighted by molar-refractivity contribution is 9.10. The summed E-state index contributed by atoms with van der Waals surface area (Å²) >= 11 is 9.54. The van der Waals surface area contributed by atoms with Crippen LogP contribution in [-0.4, -0.2) is 18.7 Å². The van der Waals surface area contributed by atoms with Gasteiger partial charge in [0.15, 0.2) is 0 Å². The van der Waals surface area contributed by atoms with Crippen molar-refractivity contribution in [1.29, 1.82) is 0 Å². The molecule has 2 fully saturated rings. The summed E-state index contributed by atoms with van der Waals surface area (Å²) in [5.41, 5.74) is 0.356. The minimum atomic E-state index is 0.339. The van der Waals surface area contributed by atoms with Crippen molar-refractivity contribution in [3.8, 4) is 5.75 Å². The summed E-state index contributed by atoms with van der Waals surface area (Å²) in [5, 5.41) is 4.38. The van der Waals surface area contributed by atoms with E-state index < -0.39 is 0 Å². The van der Waals surface area contributed by atoms with Crippen molar-refractivity contribution in [2.45, 2.75) is 51.2 Å². The average molecular weight is 359 g/mol. The monoisotopic (exact) mass is 357 g/mol. The van der Waals surface area contributed by atoms with Gasteiger partial charge in [-0.1, -0.05) is 31.4 Å². The number of hydrogen-bond donors (Lipinski definition) is 1. The molecule has 110 valence electrons. The van der Waals surface area contributed by atoms with E-state index in [0.29, 0.717) is 17.6 Å². The topological polar surface area (TPSA) is 21.3 Å². The molecule has 2 saturated carbocycles. The predicted octanol–water partition coefficient (Wildman–Crippen LogP) is 4.79. The molecule has 2 nitrogen and oxygen atoms in total. The quantitative estimate of drug-likeness (QED) is 0.835. The van der Waals surface area contributed by atoms with Crippen LogP contribution in [0.5, 0.6) is 5.75 Å². The van der Waals surface area contributed by atoms with Crippen molar-refractivity contribution in [3.63, 3.8) is 0 Å². The molecule has 2 unspecified atom stereocenters. The second-order valence-corrected chi connectivity index (χ2v) is 7.26. The first kappa shape index (κ1) is 14.7. The predicted molar refractivity (Wildman–Crippen MR) is 86.6 cm³/mol. The summed E-state index contributed by atoms with van der Waals surface area (Å²) in [5.74, 6) is 0.917. The van der Waals surface area contributed by atoms with Crippen molar-refractivity contribution >= 4 is 27.5 Å². The minimum Gasteiger partial charge on any atom is -0.489 e. The third kappa shape index (κ3) is 2.49. The molecule has 20 heavy (non-hydrogen) atoms. The number of nitrogens with one attached hydrogen (secondary N) is 1. The number of ether oxygens (including phenoxy) is 1. The maximum atomic E-state index is 6.30. The third-order valence-corrected chi connectivity index (χ3v) is 5.79. The van der Waals surface area contributed by atoms with E-state index in [0.717, 1.165) is 28.2 Å². The fraction of sp³-hybridized carbons (Fsp3) is 0.625. The van der Waals surface area contributed by atoms with E-state index in [-0.39, 0.29) is 0 Å². The molecule has 0 amide bonds. The van der Waals surface area contributed by atoms with Crippen molar-refractivity contribution in [2.24, 2.45) is 5.41 Å². The lowest BCUT2D eigenvalue weighted by atomic mass is 9.60. The summed E-state index contributed by atoms with van der Waals surface area (Å²) in [4.78, 5) is 0. The molecule has 0 aliphatic heterocycles. The number of hydrogen-bond acceptors (Lipinski definition) is 2. The zero-order valence-corrected chi connectivity index (χ0v) is 14.1. The standard InChI is InChI=1S/C16H21BrClNO/c1-2-19-14-10-15(16(14)7-3-4-8-16)20-13-6-5-11(18)9-12(13)17/h5-6,9,14-15,19H,2-4,7-8,10H2,1H3. The summed E-state index contributed by atoms with van der Waals surface area (Å²) in [6.45, 7) is 3.23. The van der Waals surface area contributed by atoms with Gasteiger partial charge in [-0.25, -0.2) is 0 Å². The van der Waals surface area contributed by atoms with Gasteiger partial charge >= 0.3 is 0 Å². The number of halogens is 2. The van der Waals surface area contributed by atoms with E-state index in [1.54, 1.807) is 0 Å². The summed E-state index contributed by atoms with van der Waals surface area (Å²) < 4.78 is 7.25. The molecule has 0 heterocycles. The third-order valence-electron chi connectivity index (χ3n) is 4.93. The fourth-order valence-electron chi connectivity index (χ4n) is 3.87. The summed E-state index contributed by atoms with van der Waals surface area (Å²) in [7, 11) is 0. The van der Waals surface area contributed by atoms with Crippen LogP contribution in [0.2, 0.25) is 5.02 Å². The molecule has 0 bridgehead atoms. The molecule has 1 spiro atoms.